The molecule has 2 aromatic rings. The van der Waals surface area contributed by atoms with Gasteiger partial charge in [-0.3, -0.25) is 0 Å². The molecule has 5 heteroatoms. The maximum Gasteiger partial charge on any atom is 0.141 e. The lowest BCUT2D eigenvalue weighted by Crippen LogP contribution is -1.98. The number of nitrogens with zero attached hydrogens (tertiary/aromatic N) is 3. The second kappa shape index (κ2) is 5.23. The molecule has 0 aliphatic carbocycles. The lowest BCUT2D eigenvalue weighted by molar-refractivity contribution is 0.394. The van der Waals surface area contributed by atoms with Gasteiger partial charge in [-0.25, -0.2) is 4.98 Å². The highest BCUT2D eigenvalue weighted by atomic mass is 16.5. The van der Waals surface area contributed by atoms with Crippen molar-refractivity contribution < 1.29 is 9.47 Å². The summed E-state index contributed by atoms with van der Waals surface area (Å²) in [6.07, 6.45) is 3.43. The highest BCUT2D eigenvalue weighted by Crippen LogP contribution is 2.28. The van der Waals surface area contributed by atoms with Crippen LogP contribution < -0.4 is 9.47 Å². The van der Waals surface area contributed by atoms with Gasteiger partial charge >= 0.3 is 0 Å². The molecule has 0 N–H and O–H groups in total. The molecular formula is C13H13N3O2. The first kappa shape index (κ1) is 12.0. The van der Waals surface area contributed by atoms with E-state index in [1.807, 2.05) is 12.1 Å². The molecule has 1 aromatic carbocycles. The number of methoxy groups -OCH3 is 2. The van der Waals surface area contributed by atoms with Crippen molar-refractivity contribution in [1.29, 1.82) is 5.26 Å². The minimum absolute atomic E-state index is 0.259. The van der Waals surface area contributed by atoms with Gasteiger partial charge in [-0.15, -0.1) is 0 Å². The number of ether oxygens (including phenoxy) is 2. The van der Waals surface area contributed by atoms with Crippen LogP contribution in [0.5, 0.6) is 11.5 Å². The Bertz CT molecular complexity index is 562. The van der Waals surface area contributed by atoms with Crippen LogP contribution in [0.3, 0.4) is 0 Å². The number of benzene rings is 1. The Labute approximate surface area is 105 Å². The van der Waals surface area contributed by atoms with Crippen LogP contribution in [0.2, 0.25) is 0 Å². The molecule has 1 heterocycles. The van der Waals surface area contributed by atoms with Crippen molar-refractivity contribution in [3.63, 3.8) is 0 Å². The average molecular weight is 243 g/mol. The van der Waals surface area contributed by atoms with Crippen molar-refractivity contribution in [3.05, 3.63) is 30.6 Å². The predicted octanol–water partition coefficient (Wildman–Crippen LogP) is 2.09. The zero-order valence-corrected chi connectivity index (χ0v) is 10.3. The van der Waals surface area contributed by atoms with E-state index in [1.54, 1.807) is 37.2 Å². The fourth-order valence-corrected chi connectivity index (χ4v) is 1.71. The predicted molar refractivity (Wildman–Crippen MR) is 66.4 cm³/mol. The third-order valence-corrected chi connectivity index (χ3v) is 2.57. The molecule has 0 saturated heterocycles. The lowest BCUT2D eigenvalue weighted by Gasteiger charge is -2.09. The molecular weight excluding hydrogens is 230 g/mol. The average Bonchev–Trinajstić information content (AvgIpc) is 2.87. The van der Waals surface area contributed by atoms with Crippen LogP contribution in [0.25, 0.3) is 11.4 Å². The Morgan fingerprint density at radius 2 is 1.89 bits per heavy atom. The van der Waals surface area contributed by atoms with Crippen LogP contribution in [-0.4, -0.2) is 23.8 Å². The first-order chi connectivity index (χ1) is 8.78. The third kappa shape index (κ3) is 2.28. The summed E-state index contributed by atoms with van der Waals surface area (Å²) < 4.78 is 12.2. The van der Waals surface area contributed by atoms with Gasteiger partial charge in [0.05, 0.1) is 20.3 Å². The molecule has 0 aliphatic rings. The maximum atomic E-state index is 8.76. The Balaban J connectivity index is 2.49. The van der Waals surface area contributed by atoms with Gasteiger partial charge in [0.15, 0.2) is 0 Å². The Morgan fingerprint density at radius 1 is 1.22 bits per heavy atom. The van der Waals surface area contributed by atoms with Gasteiger partial charge < -0.3 is 14.0 Å². The van der Waals surface area contributed by atoms with E-state index in [9.17, 15) is 0 Å². The summed E-state index contributed by atoms with van der Waals surface area (Å²) >= 11 is 0. The highest BCUT2D eigenvalue weighted by molar-refractivity contribution is 5.61. The van der Waals surface area contributed by atoms with Gasteiger partial charge in [0.25, 0.3) is 0 Å². The van der Waals surface area contributed by atoms with Gasteiger partial charge in [0, 0.05) is 24.0 Å². The molecule has 0 saturated carbocycles. The number of hydrogen-bond acceptors (Lipinski definition) is 4. The first-order valence-electron chi connectivity index (χ1n) is 5.40. The molecule has 92 valence electrons. The molecule has 0 unspecified atom stereocenters. The highest BCUT2D eigenvalue weighted by Gasteiger charge is 2.09. The minimum Gasteiger partial charge on any atom is -0.497 e. The van der Waals surface area contributed by atoms with Gasteiger partial charge in [-0.1, -0.05) is 0 Å². The quantitative estimate of drug-likeness (QED) is 0.825. The van der Waals surface area contributed by atoms with Gasteiger partial charge in [-0.2, -0.15) is 5.26 Å². The number of aromatic nitrogens is 2. The van der Waals surface area contributed by atoms with Gasteiger partial charge in [-0.05, 0) is 12.1 Å². The lowest BCUT2D eigenvalue weighted by atomic mass is 10.2. The fourth-order valence-electron chi connectivity index (χ4n) is 1.71. The van der Waals surface area contributed by atoms with Crippen molar-refractivity contribution in [1.82, 2.24) is 9.55 Å². The largest absolute Gasteiger partial charge is 0.497 e. The van der Waals surface area contributed by atoms with E-state index in [1.165, 1.54) is 0 Å². The summed E-state index contributed by atoms with van der Waals surface area (Å²) in [7, 11) is 3.20. The molecule has 0 bridgehead atoms. The van der Waals surface area contributed by atoms with Crippen molar-refractivity contribution >= 4 is 0 Å². The van der Waals surface area contributed by atoms with E-state index in [-0.39, 0.29) is 6.54 Å². The summed E-state index contributed by atoms with van der Waals surface area (Å²) in [5.74, 6) is 2.10. The minimum atomic E-state index is 0.259. The van der Waals surface area contributed by atoms with E-state index >= 15 is 0 Å². The van der Waals surface area contributed by atoms with E-state index in [2.05, 4.69) is 11.1 Å². The van der Waals surface area contributed by atoms with E-state index in [0.29, 0.717) is 17.3 Å². The molecule has 0 amide bonds. The summed E-state index contributed by atoms with van der Waals surface area (Å²) in [5.41, 5.74) is 0.853. The van der Waals surface area contributed by atoms with Gasteiger partial charge in [0.2, 0.25) is 0 Å². The van der Waals surface area contributed by atoms with E-state index < -0.39 is 0 Å². The van der Waals surface area contributed by atoms with Crippen LogP contribution in [-0.2, 0) is 6.54 Å². The molecule has 0 spiro atoms. The van der Waals surface area contributed by atoms with E-state index in [4.69, 9.17) is 14.7 Å². The molecule has 0 fully saturated rings. The normalized spacial score (nSPS) is 9.83. The molecule has 5 nitrogen and oxygen atoms in total. The zero-order chi connectivity index (χ0) is 13.0. The second-order valence-electron chi connectivity index (χ2n) is 3.64. The third-order valence-electron chi connectivity index (χ3n) is 2.57. The Morgan fingerprint density at radius 3 is 2.44 bits per heavy atom. The Kier molecular flexibility index (Phi) is 3.49. The topological polar surface area (TPSA) is 60.1 Å². The SMILES string of the molecule is COc1cc(OC)cc(-c2nccn2CC#N)c1. The monoisotopic (exact) mass is 243 g/mol. The number of rotatable bonds is 4. The summed E-state index contributed by atoms with van der Waals surface area (Å²) in [6, 6.07) is 7.61. The maximum absolute atomic E-state index is 8.76. The standard InChI is InChI=1S/C13H13N3O2/c1-17-11-7-10(8-12(9-11)18-2)13-15-4-6-16(13)5-3-14/h4,6-9H,5H2,1-2H3. The molecule has 0 atom stereocenters. The molecule has 0 aliphatic heterocycles. The van der Waals surface area contributed by atoms with Crippen LogP contribution in [0, 0.1) is 11.3 Å². The second-order valence-corrected chi connectivity index (χ2v) is 3.64. The van der Waals surface area contributed by atoms with Crippen molar-refractivity contribution in [2.45, 2.75) is 6.54 Å². The number of nitriles is 1. The fraction of sp³-hybridized carbons (Fsp3) is 0.231. The van der Waals surface area contributed by atoms with Crippen LogP contribution >= 0.6 is 0 Å². The number of hydrogen-bond donors (Lipinski definition) is 0. The molecule has 1 aromatic heterocycles. The first-order valence-corrected chi connectivity index (χ1v) is 5.40. The summed E-state index contributed by atoms with van der Waals surface area (Å²) in [4.78, 5) is 4.26. The molecule has 2 rings (SSSR count). The number of imidazole rings is 1. The zero-order valence-electron chi connectivity index (χ0n) is 10.3. The van der Waals surface area contributed by atoms with Crippen LogP contribution in [0.4, 0.5) is 0 Å². The van der Waals surface area contributed by atoms with Crippen molar-refractivity contribution in [2.24, 2.45) is 0 Å². The van der Waals surface area contributed by atoms with Gasteiger partial charge in [0.1, 0.15) is 23.9 Å². The van der Waals surface area contributed by atoms with Crippen molar-refractivity contribution in [2.75, 3.05) is 14.2 Å². The Hall–Kier alpha value is -2.48. The van der Waals surface area contributed by atoms with Crippen LogP contribution in [0.15, 0.2) is 30.6 Å². The van der Waals surface area contributed by atoms with E-state index in [0.717, 1.165) is 5.56 Å². The van der Waals surface area contributed by atoms with Crippen LogP contribution in [0.1, 0.15) is 0 Å². The summed E-state index contributed by atoms with van der Waals surface area (Å²) in [6.45, 7) is 0.259. The molecule has 18 heavy (non-hydrogen) atoms. The molecule has 0 radical (unpaired) electrons. The van der Waals surface area contributed by atoms with Crippen molar-refractivity contribution in [3.8, 4) is 29.0 Å². The summed E-state index contributed by atoms with van der Waals surface area (Å²) in [5, 5.41) is 8.76. The smallest absolute Gasteiger partial charge is 0.141 e.